The van der Waals surface area contributed by atoms with E-state index in [2.05, 4.69) is 20.4 Å². The van der Waals surface area contributed by atoms with Gasteiger partial charge in [-0.3, -0.25) is 0 Å². The minimum atomic E-state index is -0.140. The highest BCUT2D eigenvalue weighted by atomic mass is 15.3. The number of pyridine rings is 1. The van der Waals surface area contributed by atoms with E-state index in [1.807, 2.05) is 26.1 Å². The van der Waals surface area contributed by atoms with E-state index >= 15 is 0 Å². The Hall–Kier alpha value is -1.49. The third-order valence-electron chi connectivity index (χ3n) is 2.29. The van der Waals surface area contributed by atoms with Gasteiger partial charge in [0, 0.05) is 11.7 Å². The molecule has 0 radical (unpaired) electrons. The Morgan fingerprint density at radius 3 is 2.93 bits per heavy atom. The SMILES string of the molecule is CC(C)(N)CCc1cnc2n[nH]nc2c1. The summed E-state index contributed by atoms with van der Waals surface area (Å²) in [5.41, 5.74) is 8.40. The molecule has 2 heterocycles. The Morgan fingerprint density at radius 1 is 1.40 bits per heavy atom. The zero-order valence-corrected chi connectivity index (χ0v) is 8.99. The van der Waals surface area contributed by atoms with Gasteiger partial charge in [0.25, 0.3) is 0 Å². The van der Waals surface area contributed by atoms with Gasteiger partial charge in [0.2, 0.25) is 5.65 Å². The molecule has 0 aliphatic carbocycles. The zero-order valence-electron chi connectivity index (χ0n) is 8.99. The number of hydrogen-bond donors (Lipinski definition) is 2. The first-order valence-electron chi connectivity index (χ1n) is 4.99. The van der Waals surface area contributed by atoms with Gasteiger partial charge < -0.3 is 5.73 Å². The van der Waals surface area contributed by atoms with Gasteiger partial charge in [0.1, 0.15) is 5.52 Å². The average Bonchev–Trinajstić information content (AvgIpc) is 2.60. The number of aromatic nitrogens is 4. The number of aromatic amines is 1. The van der Waals surface area contributed by atoms with Crippen molar-refractivity contribution in [2.45, 2.75) is 32.2 Å². The molecule has 0 fully saturated rings. The van der Waals surface area contributed by atoms with Crippen LogP contribution in [0.4, 0.5) is 0 Å². The first kappa shape index (κ1) is 10.0. The highest BCUT2D eigenvalue weighted by Crippen LogP contribution is 2.13. The molecule has 2 rings (SSSR count). The third-order valence-corrected chi connectivity index (χ3v) is 2.29. The second-order valence-electron chi connectivity index (χ2n) is 4.50. The van der Waals surface area contributed by atoms with Gasteiger partial charge in [0.05, 0.1) is 0 Å². The maximum atomic E-state index is 5.92. The van der Waals surface area contributed by atoms with Gasteiger partial charge in [-0.05, 0) is 38.3 Å². The predicted molar refractivity (Wildman–Crippen MR) is 58.3 cm³/mol. The summed E-state index contributed by atoms with van der Waals surface area (Å²) in [6, 6.07) is 2.00. The Kier molecular flexibility index (Phi) is 2.40. The van der Waals surface area contributed by atoms with Gasteiger partial charge in [-0.25, -0.2) is 4.98 Å². The maximum Gasteiger partial charge on any atom is 0.201 e. The van der Waals surface area contributed by atoms with E-state index in [0.29, 0.717) is 5.65 Å². The van der Waals surface area contributed by atoms with Crippen molar-refractivity contribution in [1.29, 1.82) is 0 Å². The molecule has 0 aromatic carbocycles. The fraction of sp³-hybridized carbons (Fsp3) is 0.500. The van der Waals surface area contributed by atoms with Gasteiger partial charge in [0.15, 0.2) is 0 Å². The second-order valence-corrected chi connectivity index (χ2v) is 4.50. The highest BCUT2D eigenvalue weighted by Gasteiger charge is 2.11. The summed E-state index contributed by atoms with van der Waals surface area (Å²) in [5.74, 6) is 0. The molecule has 3 N–H and O–H groups in total. The van der Waals surface area contributed by atoms with E-state index < -0.39 is 0 Å². The van der Waals surface area contributed by atoms with Crippen molar-refractivity contribution < 1.29 is 0 Å². The van der Waals surface area contributed by atoms with Crippen molar-refractivity contribution >= 4 is 11.2 Å². The molecule has 2 aromatic heterocycles. The first-order valence-corrected chi connectivity index (χ1v) is 4.99. The Balaban J connectivity index is 2.15. The van der Waals surface area contributed by atoms with Crippen molar-refractivity contribution in [3.05, 3.63) is 17.8 Å². The summed E-state index contributed by atoms with van der Waals surface area (Å²) in [5, 5.41) is 10.4. The smallest absolute Gasteiger partial charge is 0.201 e. The van der Waals surface area contributed by atoms with Crippen molar-refractivity contribution in [3.8, 4) is 0 Å². The maximum absolute atomic E-state index is 5.92. The van der Waals surface area contributed by atoms with Crippen molar-refractivity contribution in [3.63, 3.8) is 0 Å². The minimum Gasteiger partial charge on any atom is -0.326 e. The van der Waals surface area contributed by atoms with Gasteiger partial charge in [-0.15, -0.1) is 5.10 Å². The number of nitrogens with zero attached hydrogens (tertiary/aromatic N) is 3. The van der Waals surface area contributed by atoms with E-state index in [0.717, 1.165) is 23.9 Å². The molecular weight excluding hydrogens is 190 g/mol. The van der Waals surface area contributed by atoms with Crippen LogP contribution in [-0.2, 0) is 6.42 Å². The molecule has 15 heavy (non-hydrogen) atoms. The number of aryl methyl sites for hydroxylation is 1. The molecular formula is C10H15N5. The molecule has 5 nitrogen and oxygen atoms in total. The molecule has 2 aromatic rings. The van der Waals surface area contributed by atoms with Crippen LogP contribution in [0.1, 0.15) is 25.8 Å². The minimum absolute atomic E-state index is 0.140. The molecule has 0 saturated carbocycles. The summed E-state index contributed by atoms with van der Waals surface area (Å²) >= 11 is 0. The summed E-state index contributed by atoms with van der Waals surface area (Å²) in [6.07, 6.45) is 3.67. The Labute approximate surface area is 88.1 Å². The summed E-state index contributed by atoms with van der Waals surface area (Å²) in [4.78, 5) is 4.20. The number of hydrogen-bond acceptors (Lipinski definition) is 4. The fourth-order valence-electron chi connectivity index (χ4n) is 1.39. The lowest BCUT2D eigenvalue weighted by Gasteiger charge is -2.17. The van der Waals surface area contributed by atoms with Crippen LogP contribution in [0.3, 0.4) is 0 Å². The molecule has 0 saturated heterocycles. The van der Waals surface area contributed by atoms with Crippen molar-refractivity contribution in [2.24, 2.45) is 5.73 Å². The Morgan fingerprint density at radius 2 is 2.20 bits per heavy atom. The van der Waals surface area contributed by atoms with Crippen LogP contribution in [0.5, 0.6) is 0 Å². The monoisotopic (exact) mass is 205 g/mol. The molecule has 0 amide bonds. The van der Waals surface area contributed by atoms with Crippen LogP contribution in [0.15, 0.2) is 12.3 Å². The second kappa shape index (κ2) is 3.58. The van der Waals surface area contributed by atoms with Crippen molar-refractivity contribution in [1.82, 2.24) is 20.4 Å². The fourth-order valence-corrected chi connectivity index (χ4v) is 1.39. The number of fused-ring (bicyclic) bond motifs is 1. The normalized spacial score (nSPS) is 12.2. The third kappa shape index (κ3) is 2.50. The standard InChI is InChI=1S/C10H15N5/c1-10(2,11)4-3-7-5-8-9(12-6-7)14-15-13-8/h5-6H,3-4,11H2,1-2H3,(H,12,13,14,15). The molecule has 0 atom stereocenters. The van der Waals surface area contributed by atoms with Crippen LogP contribution in [-0.4, -0.2) is 25.9 Å². The number of nitrogens with one attached hydrogen (secondary N) is 1. The van der Waals surface area contributed by atoms with E-state index in [4.69, 9.17) is 5.73 Å². The lowest BCUT2D eigenvalue weighted by molar-refractivity contribution is 0.477. The summed E-state index contributed by atoms with van der Waals surface area (Å²) in [7, 11) is 0. The largest absolute Gasteiger partial charge is 0.326 e. The number of rotatable bonds is 3. The lowest BCUT2D eigenvalue weighted by Crippen LogP contribution is -2.32. The molecule has 0 spiro atoms. The molecule has 0 aliphatic heterocycles. The van der Waals surface area contributed by atoms with E-state index in [1.165, 1.54) is 0 Å². The van der Waals surface area contributed by atoms with Crippen LogP contribution in [0.2, 0.25) is 0 Å². The number of nitrogens with two attached hydrogens (primary N) is 1. The van der Waals surface area contributed by atoms with E-state index in [9.17, 15) is 0 Å². The van der Waals surface area contributed by atoms with Gasteiger partial charge in [-0.2, -0.15) is 10.3 Å². The molecule has 5 heteroatoms. The average molecular weight is 205 g/mol. The Bertz CT molecular complexity index is 454. The first-order chi connectivity index (χ1) is 7.04. The van der Waals surface area contributed by atoms with Gasteiger partial charge in [-0.1, -0.05) is 0 Å². The van der Waals surface area contributed by atoms with Crippen LogP contribution < -0.4 is 5.73 Å². The van der Waals surface area contributed by atoms with E-state index in [-0.39, 0.29) is 5.54 Å². The summed E-state index contributed by atoms with van der Waals surface area (Å²) < 4.78 is 0. The van der Waals surface area contributed by atoms with Gasteiger partial charge >= 0.3 is 0 Å². The number of H-pyrrole nitrogens is 1. The summed E-state index contributed by atoms with van der Waals surface area (Å²) in [6.45, 7) is 4.05. The highest BCUT2D eigenvalue weighted by molar-refractivity contribution is 5.68. The zero-order chi connectivity index (χ0) is 10.9. The van der Waals surface area contributed by atoms with Crippen LogP contribution in [0, 0.1) is 0 Å². The molecule has 0 unspecified atom stereocenters. The van der Waals surface area contributed by atoms with Crippen LogP contribution in [0.25, 0.3) is 11.2 Å². The van der Waals surface area contributed by atoms with Crippen LogP contribution >= 0.6 is 0 Å². The quantitative estimate of drug-likeness (QED) is 0.784. The lowest BCUT2D eigenvalue weighted by atomic mass is 9.97. The topological polar surface area (TPSA) is 80.5 Å². The molecule has 80 valence electrons. The molecule has 0 aliphatic rings. The predicted octanol–water partition coefficient (Wildman–Crippen LogP) is 1.02. The molecule has 0 bridgehead atoms. The van der Waals surface area contributed by atoms with Crippen molar-refractivity contribution in [2.75, 3.05) is 0 Å². The van der Waals surface area contributed by atoms with E-state index in [1.54, 1.807) is 0 Å².